The Bertz CT molecular complexity index is 993. The summed E-state index contributed by atoms with van der Waals surface area (Å²) in [5.74, 6) is 1.85. The largest absolute Gasteiger partial charge is 0.493 e. The molecular weight excluding hydrogens is 374 g/mol. The van der Waals surface area contributed by atoms with Crippen molar-refractivity contribution in [1.82, 2.24) is 4.98 Å². The van der Waals surface area contributed by atoms with Crippen molar-refractivity contribution in [3.8, 4) is 11.5 Å². The van der Waals surface area contributed by atoms with Crippen LogP contribution in [0.4, 0.5) is 0 Å². The highest BCUT2D eigenvalue weighted by atomic mass is 32.1. The van der Waals surface area contributed by atoms with Crippen molar-refractivity contribution in [3.05, 3.63) is 43.3 Å². The Morgan fingerprint density at radius 1 is 1.25 bits per heavy atom. The van der Waals surface area contributed by atoms with Crippen LogP contribution >= 0.6 is 11.3 Å². The van der Waals surface area contributed by atoms with Crippen molar-refractivity contribution in [2.24, 2.45) is 11.3 Å². The van der Waals surface area contributed by atoms with Crippen LogP contribution in [-0.2, 0) is 4.79 Å². The number of methoxy groups -OCH3 is 1. The summed E-state index contributed by atoms with van der Waals surface area (Å²) in [7, 11) is 1.59. The van der Waals surface area contributed by atoms with Gasteiger partial charge in [-0.1, -0.05) is 40.7 Å². The second kappa shape index (κ2) is 9.24. The average Bonchev–Trinajstić information content (AvgIpc) is 2.93. The first-order valence-corrected chi connectivity index (χ1v) is 10.2. The first-order valence-electron chi connectivity index (χ1n) is 9.38. The number of aromatic amines is 1. The molecule has 0 amide bonds. The summed E-state index contributed by atoms with van der Waals surface area (Å²) in [6, 6.07) is 5.58. The van der Waals surface area contributed by atoms with E-state index in [1.165, 1.54) is 17.4 Å². The van der Waals surface area contributed by atoms with Crippen LogP contribution < -0.4 is 24.2 Å². The molecule has 0 unspecified atom stereocenters. The summed E-state index contributed by atoms with van der Waals surface area (Å²) in [4.78, 5) is 27.1. The fourth-order valence-electron chi connectivity index (χ4n) is 2.31. The van der Waals surface area contributed by atoms with Crippen LogP contribution in [0.25, 0.3) is 12.2 Å². The zero-order valence-electron chi connectivity index (χ0n) is 17.4. The van der Waals surface area contributed by atoms with Crippen molar-refractivity contribution < 1.29 is 14.3 Å². The second-order valence-electron chi connectivity index (χ2n) is 8.13. The third-order valence-corrected chi connectivity index (χ3v) is 5.08. The maximum Gasteiger partial charge on any atom is 0.266 e. The number of hydrogen-bond acceptors (Lipinski definition) is 5. The van der Waals surface area contributed by atoms with E-state index in [1.807, 2.05) is 39.0 Å². The zero-order chi connectivity index (χ0) is 20.9. The highest BCUT2D eigenvalue weighted by molar-refractivity contribution is 7.07. The Morgan fingerprint density at radius 3 is 2.57 bits per heavy atom. The van der Waals surface area contributed by atoms with Gasteiger partial charge in [0.05, 0.1) is 22.9 Å². The summed E-state index contributed by atoms with van der Waals surface area (Å²) in [5, 5.41) is 0. The van der Waals surface area contributed by atoms with E-state index >= 15 is 0 Å². The lowest BCUT2D eigenvalue weighted by Gasteiger charge is -2.12. The molecule has 1 N–H and O–H groups in total. The van der Waals surface area contributed by atoms with Crippen LogP contribution in [0.5, 0.6) is 11.5 Å². The number of ketones is 1. The van der Waals surface area contributed by atoms with Gasteiger partial charge in [-0.05, 0) is 36.1 Å². The van der Waals surface area contributed by atoms with E-state index in [1.54, 1.807) is 13.2 Å². The van der Waals surface area contributed by atoms with Crippen LogP contribution in [-0.4, -0.2) is 24.5 Å². The third kappa shape index (κ3) is 6.09. The topological polar surface area (TPSA) is 68.4 Å². The van der Waals surface area contributed by atoms with Crippen LogP contribution in [0.2, 0.25) is 0 Å². The smallest absolute Gasteiger partial charge is 0.266 e. The number of benzene rings is 1. The molecule has 0 spiro atoms. The lowest BCUT2D eigenvalue weighted by Crippen LogP contribution is -2.22. The quantitative estimate of drug-likeness (QED) is 0.771. The molecule has 0 atom stereocenters. The molecule has 152 valence electrons. The summed E-state index contributed by atoms with van der Waals surface area (Å²) in [6.45, 7) is 10.5. The number of carbonyl (C=O) groups excluding carboxylic acids is 1. The minimum absolute atomic E-state index is 0.0267. The molecule has 0 aliphatic rings. The van der Waals surface area contributed by atoms with Crippen molar-refractivity contribution in [3.63, 3.8) is 0 Å². The Hall–Kier alpha value is -2.34. The number of aromatic nitrogens is 1. The summed E-state index contributed by atoms with van der Waals surface area (Å²) >= 11 is 1.26. The molecule has 1 aromatic heterocycles. The van der Waals surface area contributed by atoms with Crippen LogP contribution in [0.1, 0.15) is 46.6 Å². The van der Waals surface area contributed by atoms with Crippen LogP contribution in [0, 0.1) is 11.3 Å². The highest BCUT2D eigenvalue weighted by Gasteiger charge is 2.18. The minimum Gasteiger partial charge on any atom is -0.493 e. The van der Waals surface area contributed by atoms with Gasteiger partial charge < -0.3 is 14.5 Å². The standard InChI is InChI=1S/C22H29NO4S/c1-14(2)9-10-27-16-8-7-15(11-17(16)26-6)12-18-21(25)23-20(28-18)13-19(24)22(3,4)5/h7-8,11-14H,9-10H2,1-6H3,(H,23,25). The molecule has 6 heteroatoms. The third-order valence-electron chi connectivity index (χ3n) is 4.12. The number of H-pyrrole nitrogens is 1. The number of thiazole rings is 1. The number of carbonyl (C=O) groups is 1. The Labute approximate surface area is 169 Å². The molecule has 0 saturated carbocycles. The van der Waals surface area contributed by atoms with Gasteiger partial charge in [-0.2, -0.15) is 0 Å². The molecule has 1 aromatic carbocycles. The maximum atomic E-state index is 12.2. The van der Waals surface area contributed by atoms with Gasteiger partial charge in [0.1, 0.15) is 0 Å². The predicted molar refractivity (Wildman–Crippen MR) is 115 cm³/mol. The van der Waals surface area contributed by atoms with Gasteiger partial charge in [0.15, 0.2) is 17.3 Å². The van der Waals surface area contributed by atoms with E-state index in [0.29, 0.717) is 33.2 Å². The van der Waals surface area contributed by atoms with Crippen LogP contribution in [0.15, 0.2) is 23.0 Å². The van der Waals surface area contributed by atoms with E-state index in [0.717, 1.165) is 12.0 Å². The molecule has 2 aromatic rings. The van der Waals surface area contributed by atoms with E-state index < -0.39 is 5.41 Å². The summed E-state index contributed by atoms with van der Waals surface area (Å²) < 4.78 is 12.3. The van der Waals surface area contributed by atoms with Crippen molar-refractivity contribution in [1.29, 1.82) is 0 Å². The van der Waals surface area contributed by atoms with E-state index in [2.05, 4.69) is 18.8 Å². The fraction of sp³-hybridized carbons (Fsp3) is 0.455. The molecule has 1 heterocycles. The Kier molecular flexibility index (Phi) is 7.24. The maximum absolute atomic E-state index is 12.2. The number of ether oxygens (including phenoxy) is 2. The molecule has 0 bridgehead atoms. The normalized spacial score (nSPS) is 13.2. The molecule has 0 aliphatic carbocycles. The average molecular weight is 404 g/mol. The van der Waals surface area contributed by atoms with Gasteiger partial charge in [-0.3, -0.25) is 9.59 Å². The van der Waals surface area contributed by atoms with Gasteiger partial charge in [0.25, 0.3) is 5.56 Å². The minimum atomic E-state index is -0.483. The van der Waals surface area contributed by atoms with Crippen LogP contribution in [0.3, 0.4) is 0 Å². The molecular formula is C22H29NO4S. The van der Waals surface area contributed by atoms with Gasteiger partial charge >= 0.3 is 0 Å². The monoisotopic (exact) mass is 403 g/mol. The number of hydrogen-bond donors (Lipinski definition) is 1. The zero-order valence-corrected chi connectivity index (χ0v) is 18.2. The molecule has 28 heavy (non-hydrogen) atoms. The number of rotatable bonds is 7. The Balaban J connectivity index is 2.32. The van der Waals surface area contributed by atoms with Crippen molar-refractivity contribution in [2.45, 2.75) is 41.0 Å². The van der Waals surface area contributed by atoms with E-state index in [-0.39, 0.29) is 11.3 Å². The summed E-state index contributed by atoms with van der Waals surface area (Å²) in [6.07, 6.45) is 4.24. The second-order valence-corrected chi connectivity index (χ2v) is 9.21. The molecule has 0 fully saturated rings. The SMILES string of the molecule is COc1cc(C=c2sc(=CC(=O)C(C)(C)C)[nH]c2=O)ccc1OCCC(C)C. The number of Topliss-reactive ketones (excluding diaryl/α,β-unsaturated/α-hetero) is 1. The lowest BCUT2D eigenvalue weighted by molar-refractivity contribution is -0.119. The first-order chi connectivity index (χ1) is 13.1. The first kappa shape index (κ1) is 22.0. The van der Waals surface area contributed by atoms with Gasteiger partial charge in [0, 0.05) is 11.5 Å². The van der Waals surface area contributed by atoms with Crippen molar-refractivity contribution >= 4 is 29.3 Å². The molecule has 0 aliphatic heterocycles. The lowest BCUT2D eigenvalue weighted by atomic mass is 9.91. The molecule has 2 rings (SSSR count). The Morgan fingerprint density at radius 2 is 1.96 bits per heavy atom. The van der Waals surface area contributed by atoms with Crippen molar-refractivity contribution in [2.75, 3.05) is 13.7 Å². The van der Waals surface area contributed by atoms with Gasteiger partial charge in [-0.25, -0.2) is 0 Å². The molecule has 0 saturated heterocycles. The van der Waals surface area contributed by atoms with Gasteiger partial charge in [-0.15, -0.1) is 11.3 Å². The fourth-order valence-corrected chi connectivity index (χ4v) is 3.19. The molecule has 0 radical (unpaired) electrons. The molecule has 5 nitrogen and oxygen atoms in total. The van der Waals surface area contributed by atoms with Gasteiger partial charge in [0.2, 0.25) is 0 Å². The summed E-state index contributed by atoms with van der Waals surface area (Å²) in [5.41, 5.74) is 0.132. The van der Waals surface area contributed by atoms with E-state index in [4.69, 9.17) is 9.47 Å². The predicted octanol–water partition coefficient (Wildman–Crippen LogP) is 3.09. The number of nitrogens with one attached hydrogen (secondary N) is 1. The highest BCUT2D eigenvalue weighted by Crippen LogP contribution is 2.28. The van der Waals surface area contributed by atoms with E-state index in [9.17, 15) is 9.59 Å².